The predicted octanol–water partition coefficient (Wildman–Crippen LogP) is 1.70. The summed E-state index contributed by atoms with van der Waals surface area (Å²) in [7, 11) is 0. The van der Waals surface area contributed by atoms with Gasteiger partial charge in [0.15, 0.2) is 0 Å². The molecule has 1 saturated heterocycles. The van der Waals surface area contributed by atoms with Gasteiger partial charge in [-0.1, -0.05) is 19.1 Å². The van der Waals surface area contributed by atoms with Crippen LogP contribution in [0.1, 0.15) is 41.7 Å². The first kappa shape index (κ1) is 19.3. The zero-order valence-corrected chi connectivity index (χ0v) is 15.6. The molecular weight excluding hydrogens is 358 g/mol. The van der Waals surface area contributed by atoms with Gasteiger partial charge in [0.25, 0.3) is 0 Å². The van der Waals surface area contributed by atoms with Crippen molar-refractivity contribution < 1.29 is 14.4 Å². The van der Waals surface area contributed by atoms with Crippen molar-refractivity contribution in [2.75, 3.05) is 17.6 Å². The van der Waals surface area contributed by atoms with E-state index in [2.05, 4.69) is 17.2 Å². The number of anilines is 2. The average molecular weight is 381 g/mol. The molecule has 0 bridgehead atoms. The van der Waals surface area contributed by atoms with Gasteiger partial charge in [-0.05, 0) is 42.5 Å². The highest BCUT2D eigenvalue weighted by molar-refractivity contribution is 6.39. The lowest BCUT2D eigenvalue weighted by Gasteiger charge is -2.38. The van der Waals surface area contributed by atoms with Crippen molar-refractivity contribution in [3.63, 3.8) is 0 Å². The van der Waals surface area contributed by atoms with Crippen molar-refractivity contribution in [1.82, 2.24) is 9.88 Å². The quantitative estimate of drug-likeness (QED) is 0.550. The van der Waals surface area contributed by atoms with Crippen LogP contribution in [0.25, 0.3) is 0 Å². The molecule has 1 aliphatic rings. The normalized spacial score (nSPS) is 19.1. The summed E-state index contributed by atoms with van der Waals surface area (Å²) in [4.78, 5) is 42.2. The maximum atomic E-state index is 12.9. The summed E-state index contributed by atoms with van der Waals surface area (Å²) in [5.74, 6) is -1.78. The molecule has 1 aromatic carbocycles. The summed E-state index contributed by atoms with van der Waals surface area (Å²) >= 11 is 0. The summed E-state index contributed by atoms with van der Waals surface area (Å²) < 4.78 is 0. The van der Waals surface area contributed by atoms with E-state index in [9.17, 15) is 14.4 Å². The summed E-state index contributed by atoms with van der Waals surface area (Å²) in [6, 6.07) is 8.54. The molecule has 8 heteroatoms. The van der Waals surface area contributed by atoms with E-state index >= 15 is 0 Å². The van der Waals surface area contributed by atoms with E-state index in [0.717, 1.165) is 18.4 Å². The zero-order valence-electron chi connectivity index (χ0n) is 15.6. The second-order valence-electron chi connectivity index (χ2n) is 7.10. The fourth-order valence-corrected chi connectivity index (χ4v) is 3.40. The summed E-state index contributed by atoms with van der Waals surface area (Å²) in [5.41, 5.74) is 13.0. The fraction of sp³-hybridized carbons (Fsp3) is 0.300. The lowest BCUT2D eigenvalue weighted by atomic mass is 9.89. The van der Waals surface area contributed by atoms with Gasteiger partial charge in [0.1, 0.15) is 0 Å². The van der Waals surface area contributed by atoms with Crippen LogP contribution in [0.2, 0.25) is 0 Å². The van der Waals surface area contributed by atoms with E-state index in [0.29, 0.717) is 18.2 Å². The molecular formula is C20H23N5O3. The van der Waals surface area contributed by atoms with Crippen LogP contribution in [0, 0.1) is 5.92 Å². The molecule has 1 aliphatic heterocycles. The number of hydrogen-bond acceptors (Lipinski definition) is 5. The molecule has 2 heterocycles. The third-order valence-corrected chi connectivity index (χ3v) is 4.87. The molecule has 28 heavy (non-hydrogen) atoms. The Balaban J connectivity index is 1.79. The number of nitrogen functional groups attached to an aromatic ring is 1. The third kappa shape index (κ3) is 4.28. The first-order valence-corrected chi connectivity index (χ1v) is 9.07. The van der Waals surface area contributed by atoms with Gasteiger partial charge in [0.05, 0.1) is 23.5 Å². The van der Waals surface area contributed by atoms with Gasteiger partial charge in [-0.25, -0.2) is 0 Å². The van der Waals surface area contributed by atoms with Crippen LogP contribution in [0.3, 0.4) is 0 Å². The van der Waals surface area contributed by atoms with Crippen molar-refractivity contribution >= 4 is 29.1 Å². The van der Waals surface area contributed by atoms with E-state index < -0.39 is 17.7 Å². The van der Waals surface area contributed by atoms with Crippen LogP contribution in [0.15, 0.2) is 42.7 Å². The van der Waals surface area contributed by atoms with E-state index in [1.54, 1.807) is 17.0 Å². The Bertz CT molecular complexity index is 897. The maximum Gasteiger partial charge on any atom is 0.313 e. The number of benzene rings is 1. The number of amides is 3. The Hall–Kier alpha value is -3.42. The molecule has 0 spiro atoms. The number of rotatable bonds is 3. The highest BCUT2D eigenvalue weighted by atomic mass is 16.2. The van der Waals surface area contributed by atoms with Crippen molar-refractivity contribution in [3.8, 4) is 0 Å². The van der Waals surface area contributed by atoms with Crippen molar-refractivity contribution in [1.29, 1.82) is 0 Å². The Morgan fingerprint density at radius 2 is 1.86 bits per heavy atom. The highest BCUT2D eigenvalue weighted by Gasteiger charge is 2.34. The van der Waals surface area contributed by atoms with Crippen LogP contribution < -0.4 is 16.8 Å². The molecule has 0 radical (unpaired) electrons. The van der Waals surface area contributed by atoms with Crippen molar-refractivity contribution in [2.45, 2.75) is 25.8 Å². The molecule has 3 rings (SSSR count). The van der Waals surface area contributed by atoms with Gasteiger partial charge in [0.2, 0.25) is 5.91 Å². The molecule has 2 unspecified atom stereocenters. The van der Waals surface area contributed by atoms with E-state index in [4.69, 9.17) is 11.5 Å². The number of hydrogen-bond donors (Lipinski definition) is 3. The number of primary amides is 1. The molecule has 8 nitrogen and oxygen atoms in total. The summed E-state index contributed by atoms with van der Waals surface area (Å²) in [6.45, 7) is 2.54. The number of likely N-dealkylation sites (tertiary alicyclic amines) is 1. The maximum absolute atomic E-state index is 12.9. The van der Waals surface area contributed by atoms with Crippen LogP contribution in [-0.4, -0.2) is 34.2 Å². The van der Waals surface area contributed by atoms with Crippen molar-refractivity contribution in [2.24, 2.45) is 11.7 Å². The Kier molecular flexibility index (Phi) is 5.58. The van der Waals surface area contributed by atoms with E-state index in [-0.39, 0.29) is 17.3 Å². The Morgan fingerprint density at radius 1 is 1.14 bits per heavy atom. The molecule has 2 aromatic rings. The molecule has 1 aromatic heterocycles. The molecule has 146 valence electrons. The number of nitrogens with two attached hydrogens (primary N) is 2. The number of aromatic nitrogens is 1. The standard InChI is InChI=1S/C20H23N5O3/c1-12-2-7-17(13-3-5-15(21)6-4-13)25(11-12)20(28)19(27)24-16-8-14(18(22)26)9-23-10-16/h3-6,8-10,12,17H,2,7,11,21H2,1H3,(H2,22,26)(H,24,27). The zero-order chi connectivity index (χ0) is 20.3. The second-order valence-corrected chi connectivity index (χ2v) is 7.10. The number of carbonyl (C=O) groups is 3. The van der Waals surface area contributed by atoms with E-state index in [1.165, 1.54) is 18.5 Å². The average Bonchev–Trinajstić information content (AvgIpc) is 2.68. The SMILES string of the molecule is CC1CCC(c2ccc(N)cc2)N(C(=O)C(=O)Nc2cncc(C(N)=O)c2)C1. The second kappa shape index (κ2) is 8.08. The number of nitrogens with zero attached hydrogens (tertiary/aromatic N) is 2. The number of carbonyl (C=O) groups excluding carboxylic acids is 3. The van der Waals surface area contributed by atoms with Crippen LogP contribution in [-0.2, 0) is 9.59 Å². The Labute approximate surface area is 162 Å². The van der Waals surface area contributed by atoms with Crippen LogP contribution in [0.5, 0.6) is 0 Å². The minimum absolute atomic E-state index is 0.150. The van der Waals surface area contributed by atoms with Crippen LogP contribution in [0.4, 0.5) is 11.4 Å². The molecule has 1 fully saturated rings. The minimum atomic E-state index is -0.780. The predicted molar refractivity (Wildman–Crippen MR) is 105 cm³/mol. The highest BCUT2D eigenvalue weighted by Crippen LogP contribution is 2.33. The lowest BCUT2D eigenvalue weighted by Crippen LogP contribution is -2.46. The fourth-order valence-electron chi connectivity index (χ4n) is 3.40. The van der Waals surface area contributed by atoms with E-state index in [1.807, 2.05) is 12.1 Å². The van der Waals surface area contributed by atoms with Gasteiger partial charge in [0, 0.05) is 18.4 Å². The number of nitrogens with one attached hydrogen (secondary N) is 1. The monoisotopic (exact) mass is 381 g/mol. The van der Waals surface area contributed by atoms with Crippen molar-refractivity contribution in [3.05, 3.63) is 53.9 Å². The molecule has 5 N–H and O–H groups in total. The summed E-state index contributed by atoms with van der Waals surface area (Å²) in [6.07, 6.45) is 4.38. The first-order chi connectivity index (χ1) is 13.3. The molecule has 2 atom stereocenters. The molecule has 0 aliphatic carbocycles. The first-order valence-electron chi connectivity index (χ1n) is 9.07. The van der Waals surface area contributed by atoms with Crippen LogP contribution >= 0.6 is 0 Å². The topological polar surface area (TPSA) is 131 Å². The Morgan fingerprint density at radius 3 is 2.54 bits per heavy atom. The number of piperidine rings is 1. The van der Waals surface area contributed by atoms with Gasteiger partial charge < -0.3 is 21.7 Å². The van der Waals surface area contributed by atoms with Gasteiger partial charge in [-0.3, -0.25) is 19.4 Å². The van der Waals surface area contributed by atoms with Gasteiger partial charge in [-0.15, -0.1) is 0 Å². The lowest BCUT2D eigenvalue weighted by molar-refractivity contribution is -0.146. The number of pyridine rings is 1. The van der Waals surface area contributed by atoms with Gasteiger partial charge in [-0.2, -0.15) is 0 Å². The smallest absolute Gasteiger partial charge is 0.313 e. The minimum Gasteiger partial charge on any atom is -0.399 e. The third-order valence-electron chi connectivity index (χ3n) is 4.87. The summed E-state index contributed by atoms with van der Waals surface area (Å²) in [5, 5.41) is 2.51. The van der Waals surface area contributed by atoms with Gasteiger partial charge >= 0.3 is 11.8 Å². The molecule has 3 amide bonds. The largest absolute Gasteiger partial charge is 0.399 e. The molecule has 0 saturated carbocycles.